The van der Waals surface area contributed by atoms with Gasteiger partial charge in [0.1, 0.15) is 24.4 Å². The van der Waals surface area contributed by atoms with Crippen LogP contribution in [0.5, 0.6) is 0 Å². The first kappa shape index (κ1) is 18.2. The molecule has 1 fully saturated rings. The van der Waals surface area contributed by atoms with Crippen molar-refractivity contribution in [2.24, 2.45) is 0 Å². The molecule has 1 aliphatic rings. The molecule has 3 rings (SSSR count). The second kappa shape index (κ2) is 7.77. The van der Waals surface area contributed by atoms with E-state index in [1.165, 1.54) is 0 Å². The van der Waals surface area contributed by atoms with Gasteiger partial charge in [-0.15, -0.1) is 5.10 Å². The van der Waals surface area contributed by atoms with E-state index in [0.717, 1.165) is 5.56 Å². The Morgan fingerprint density at radius 1 is 1.08 bits per heavy atom. The van der Waals surface area contributed by atoms with Crippen LogP contribution in [0.15, 0.2) is 30.5 Å². The minimum absolute atomic E-state index is 0.184. The lowest BCUT2D eigenvalue weighted by molar-refractivity contribution is -0.228. The summed E-state index contributed by atoms with van der Waals surface area (Å²) in [6.45, 7) is -0.0119. The lowest BCUT2D eigenvalue weighted by atomic mass is 9.93. The first-order valence-electron chi connectivity index (χ1n) is 7.92. The van der Waals surface area contributed by atoms with Gasteiger partial charge in [0.05, 0.1) is 24.9 Å². The minimum atomic E-state index is -1.39. The molecule has 0 unspecified atom stereocenters. The van der Waals surface area contributed by atoms with Gasteiger partial charge in [0, 0.05) is 17.6 Å². The highest BCUT2D eigenvalue weighted by molar-refractivity contribution is 6.31. The second-order valence-electron chi connectivity index (χ2n) is 6.07. The van der Waals surface area contributed by atoms with Crippen LogP contribution < -0.4 is 0 Å². The second-order valence-corrected chi connectivity index (χ2v) is 6.48. The predicted octanol–water partition coefficient (Wildman–Crippen LogP) is -0.635. The highest BCUT2D eigenvalue weighted by atomic mass is 35.5. The quantitative estimate of drug-likeness (QED) is 0.553. The maximum atomic E-state index is 10.1. The van der Waals surface area contributed by atoms with Crippen LogP contribution >= 0.6 is 11.6 Å². The molecule has 1 aromatic carbocycles. The van der Waals surface area contributed by atoms with E-state index >= 15 is 0 Å². The third kappa shape index (κ3) is 4.00. The van der Waals surface area contributed by atoms with Crippen molar-refractivity contribution in [1.82, 2.24) is 15.0 Å². The highest BCUT2D eigenvalue weighted by Crippen LogP contribution is 2.23. The number of halogens is 1. The molecule has 0 radical (unpaired) electrons. The monoisotopic (exact) mass is 369 g/mol. The van der Waals surface area contributed by atoms with Gasteiger partial charge >= 0.3 is 0 Å². The van der Waals surface area contributed by atoms with Crippen molar-refractivity contribution in [2.75, 3.05) is 6.61 Å². The molecule has 5 atom stereocenters. The summed E-state index contributed by atoms with van der Waals surface area (Å²) < 4.78 is 7.08. The summed E-state index contributed by atoms with van der Waals surface area (Å²) >= 11 is 6.13. The number of aliphatic hydroxyl groups is 4. The van der Waals surface area contributed by atoms with E-state index in [4.69, 9.17) is 16.3 Å². The van der Waals surface area contributed by atoms with Crippen LogP contribution in [-0.4, -0.2) is 72.5 Å². The normalized spacial score (nSPS) is 29.7. The van der Waals surface area contributed by atoms with Crippen LogP contribution in [0.25, 0.3) is 0 Å². The first-order valence-corrected chi connectivity index (χ1v) is 8.30. The molecule has 0 aliphatic carbocycles. The van der Waals surface area contributed by atoms with E-state index in [-0.39, 0.29) is 6.42 Å². The zero-order valence-electron chi connectivity index (χ0n) is 13.3. The summed E-state index contributed by atoms with van der Waals surface area (Å²) in [5, 5.41) is 47.6. The minimum Gasteiger partial charge on any atom is -0.394 e. The molecule has 1 aliphatic heterocycles. The first-order chi connectivity index (χ1) is 12.0. The smallest absolute Gasteiger partial charge is 0.111 e. The van der Waals surface area contributed by atoms with E-state index in [1.54, 1.807) is 16.9 Å². The van der Waals surface area contributed by atoms with Gasteiger partial charge in [0.25, 0.3) is 0 Å². The molecule has 1 saturated heterocycles. The molecule has 2 heterocycles. The average Bonchev–Trinajstić information content (AvgIpc) is 3.04. The van der Waals surface area contributed by atoms with Gasteiger partial charge in [-0.2, -0.15) is 0 Å². The summed E-state index contributed by atoms with van der Waals surface area (Å²) in [7, 11) is 0. The van der Waals surface area contributed by atoms with Gasteiger partial charge in [-0.1, -0.05) is 35.0 Å². The molecule has 0 saturated carbocycles. The molecular formula is C16H20ClN3O5. The van der Waals surface area contributed by atoms with E-state index in [0.29, 0.717) is 17.3 Å². The summed E-state index contributed by atoms with van der Waals surface area (Å²) in [5.41, 5.74) is 1.45. The van der Waals surface area contributed by atoms with Gasteiger partial charge in [0.15, 0.2) is 0 Å². The fourth-order valence-corrected chi connectivity index (χ4v) is 3.06. The Hall–Kier alpha value is -1.55. The Balaban J connectivity index is 1.67. The fraction of sp³-hybridized carbons (Fsp3) is 0.500. The highest BCUT2D eigenvalue weighted by Gasteiger charge is 2.43. The van der Waals surface area contributed by atoms with Crippen LogP contribution in [0.1, 0.15) is 11.3 Å². The maximum Gasteiger partial charge on any atom is 0.111 e. The fourth-order valence-electron chi connectivity index (χ4n) is 2.86. The molecule has 0 spiro atoms. The Bertz CT molecular complexity index is 711. The van der Waals surface area contributed by atoms with Gasteiger partial charge in [-0.05, 0) is 11.6 Å². The van der Waals surface area contributed by atoms with Crippen LogP contribution in [0, 0.1) is 0 Å². The number of ether oxygens (including phenoxy) is 1. The number of hydrogen-bond donors (Lipinski definition) is 4. The summed E-state index contributed by atoms with van der Waals surface area (Å²) in [4.78, 5) is 0. The number of aliphatic hydroxyl groups excluding tert-OH is 4. The van der Waals surface area contributed by atoms with Crippen molar-refractivity contribution >= 4 is 11.6 Å². The van der Waals surface area contributed by atoms with Gasteiger partial charge in [-0.3, -0.25) is 0 Å². The number of nitrogens with zero attached hydrogens (tertiary/aromatic N) is 3. The van der Waals surface area contributed by atoms with E-state index in [2.05, 4.69) is 10.3 Å². The zero-order chi connectivity index (χ0) is 18.0. The molecule has 2 aromatic rings. The summed E-state index contributed by atoms with van der Waals surface area (Å²) in [6.07, 6.45) is -3.90. The molecule has 136 valence electrons. The Morgan fingerprint density at radius 2 is 1.80 bits per heavy atom. The van der Waals surface area contributed by atoms with Gasteiger partial charge in [0.2, 0.25) is 0 Å². The molecule has 8 nitrogen and oxygen atoms in total. The van der Waals surface area contributed by atoms with E-state index < -0.39 is 37.1 Å². The molecule has 4 N–H and O–H groups in total. The third-order valence-corrected chi connectivity index (χ3v) is 4.65. The summed E-state index contributed by atoms with van der Waals surface area (Å²) in [6, 6.07) is 7.41. The van der Waals surface area contributed by atoms with Crippen molar-refractivity contribution in [1.29, 1.82) is 0 Å². The van der Waals surface area contributed by atoms with Crippen LogP contribution in [0.3, 0.4) is 0 Å². The lowest BCUT2D eigenvalue weighted by Crippen LogP contribution is -2.59. The van der Waals surface area contributed by atoms with Crippen molar-refractivity contribution < 1.29 is 25.2 Å². The molecular weight excluding hydrogens is 350 g/mol. The van der Waals surface area contributed by atoms with Crippen molar-refractivity contribution in [2.45, 2.75) is 43.5 Å². The molecule has 9 heteroatoms. The van der Waals surface area contributed by atoms with Crippen molar-refractivity contribution in [3.63, 3.8) is 0 Å². The van der Waals surface area contributed by atoms with Gasteiger partial charge < -0.3 is 25.2 Å². The number of benzene rings is 1. The number of aromatic nitrogens is 3. The SMILES string of the molecule is OC[C@H]1O[C@@H](Cc2cn(Cc3ccccc3Cl)nn2)[C@H](O)[C@@H](O)[C@@H]1O. The van der Waals surface area contributed by atoms with Crippen LogP contribution in [0.4, 0.5) is 0 Å². The predicted molar refractivity (Wildman–Crippen MR) is 88.0 cm³/mol. The average molecular weight is 370 g/mol. The van der Waals surface area contributed by atoms with Crippen molar-refractivity contribution in [3.8, 4) is 0 Å². The summed E-state index contributed by atoms with van der Waals surface area (Å²) in [5.74, 6) is 0. The Kier molecular flexibility index (Phi) is 5.67. The topological polar surface area (TPSA) is 121 Å². The molecule has 25 heavy (non-hydrogen) atoms. The largest absolute Gasteiger partial charge is 0.394 e. The van der Waals surface area contributed by atoms with E-state index in [1.807, 2.05) is 18.2 Å². The van der Waals surface area contributed by atoms with E-state index in [9.17, 15) is 20.4 Å². The lowest BCUT2D eigenvalue weighted by Gasteiger charge is -2.39. The van der Waals surface area contributed by atoms with Crippen LogP contribution in [0.2, 0.25) is 5.02 Å². The van der Waals surface area contributed by atoms with Crippen LogP contribution in [-0.2, 0) is 17.7 Å². The Labute approximate surface area is 149 Å². The third-order valence-electron chi connectivity index (χ3n) is 4.28. The van der Waals surface area contributed by atoms with Crippen molar-refractivity contribution in [3.05, 3.63) is 46.7 Å². The van der Waals surface area contributed by atoms with Gasteiger partial charge in [-0.25, -0.2) is 4.68 Å². The molecule has 1 aromatic heterocycles. The number of rotatable bonds is 5. The number of hydrogen-bond acceptors (Lipinski definition) is 7. The molecule has 0 bridgehead atoms. The zero-order valence-corrected chi connectivity index (χ0v) is 14.1. The molecule has 0 amide bonds. The standard InChI is InChI=1S/C16H20ClN3O5/c17-11-4-2-1-3-9(11)6-20-7-10(18-19-20)5-12-14(22)16(24)15(23)13(8-21)25-12/h1-4,7,12-16,21-24H,5-6,8H2/t12-,13+,14-,15+,16+/m0/s1. The Morgan fingerprint density at radius 3 is 2.52 bits per heavy atom. The maximum absolute atomic E-state index is 10.1.